The fraction of sp³-hybridized carbons (Fsp3) is 0.676. The number of morpholine rings is 1. The highest BCUT2D eigenvalue weighted by Crippen LogP contribution is 2.42. The minimum atomic E-state index is -4.53. The Kier molecular flexibility index (Phi) is 10.7. The first-order valence-electron chi connectivity index (χ1n) is 17.8. The van der Waals surface area contributed by atoms with Crippen LogP contribution in [0.25, 0.3) is 5.78 Å². The highest BCUT2D eigenvalue weighted by atomic mass is 19.4. The first-order chi connectivity index (χ1) is 24.9. The van der Waals surface area contributed by atoms with Crippen molar-refractivity contribution in [2.75, 3.05) is 26.2 Å². The Morgan fingerprint density at radius 1 is 1.17 bits per heavy atom. The number of hydrogen-bond acceptors (Lipinski definition) is 9. The number of carbonyl (C=O) groups excluding carboxylic acids is 3. The second-order valence-electron chi connectivity index (χ2n) is 14.9. The van der Waals surface area contributed by atoms with Crippen molar-refractivity contribution in [3.05, 3.63) is 41.2 Å². The van der Waals surface area contributed by atoms with Gasteiger partial charge in [0.1, 0.15) is 17.4 Å². The average molecular weight is 754 g/mol. The minimum absolute atomic E-state index is 0.0253. The van der Waals surface area contributed by atoms with Gasteiger partial charge in [-0.1, -0.05) is 0 Å². The van der Waals surface area contributed by atoms with E-state index in [1.165, 1.54) is 26.5 Å². The Bertz CT molecular complexity index is 1810. The van der Waals surface area contributed by atoms with Crippen LogP contribution in [0.15, 0.2) is 18.5 Å². The molecule has 14 nitrogen and oxygen atoms in total. The van der Waals surface area contributed by atoms with Crippen LogP contribution in [-0.2, 0) is 27.2 Å². The van der Waals surface area contributed by atoms with E-state index in [1.807, 2.05) is 6.92 Å². The van der Waals surface area contributed by atoms with Crippen molar-refractivity contribution in [3.63, 3.8) is 0 Å². The molecule has 0 radical (unpaired) electrons. The summed E-state index contributed by atoms with van der Waals surface area (Å²) in [5.41, 5.74) is 0.113. The molecule has 6 rings (SSSR count). The van der Waals surface area contributed by atoms with Gasteiger partial charge in [-0.05, 0) is 58.9 Å². The molecule has 3 aromatic rings. The van der Waals surface area contributed by atoms with Gasteiger partial charge < -0.3 is 25.0 Å². The van der Waals surface area contributed by atoms with Crippen LogP contribution in [0.2, 0.25) is 0 Å². The van der Waals surface area contributed by atoms with Crippen LogP contribution in [0.5, 0.6) is 0 Å². The van der Waals surface area contributed by atoms with Crippen molar-refractivity contribution in [1.29, 1.82) is 0 Å². The number of imidazole rings is 1. The van der Waals surface area contributed by atoms with Gasteiger partial charge in [0.25, 0.3) is 11.7 Å². The Hall–Kier alpha value is -4.42. The number of rotatable bonds is 8. The van der Waals surface area contributed by atoms with Gasteiger partial charge in [-0.2, -0.15) is 23.4 Å². The van der Waals surface area contributed by atoms with Gasteiger partial charge in [0.2, 0.25) is 11.8 Å². The predicted molar refractivity (Wildman–Crippen MR) is 177 cm³/mol. The Morgan fingerprint density at radius 2 is 1.91 bits per heavy atom. The summed E-state index contributed by atoms with van der Waals surface area (Å²) in [5.74, 6) is -7.11. The standard InChI is InChI=1S/C34H44F5N9O5/c1-5-47-24(8-11-41-47)29(50)43-26(19-6-9-33(35,36)10-7-19)23-17-48-30(42-23)44-27(25-18-46(12-13-52-25)31(51)53-32(2,3)4)22(45-48)15-20-14-21(34(37,38)39)16-40-28(20)49/h8,11,17,19-21,25-26H,5-7,9-10,12-16,18H2,1-4H3,(H,40,49)(H,43,50)/t20-,21-,25?,26+/m1/s1. The Labute approximate surface area is 302 Å². The molecule has 1 saturated carbocycles. The molecule has 2 N–H and O–H groups in total. The molecule has 0 spiro atoms. The quantitative estimate of drug-likeness (QED) is 0.309. The van der Waals surface area contributed by atoms with Gasteiger partial charge in [-0.25, -0.2) is 28.1 Å². The Morgan fingerprint density at radius 3 is 2.58 bits per heavy atom. The van der Waals surface area contributed by atoms with E-state index in [4.69, 9.17) is 19.6 Å². The maximum Gasteiger partial charge on any atom is 0.410 e. The van der Waals surface area contributed by atoms with E-state index in [2.05, 4.69) is 20.7 Å². The molecule has 5 heterocycles. The van der Waals surface area contributed by atoms with Crippen LogP contribution in [0, 0.1) is 17.8 Å². The topological polar surface area (TPSA) is 158 Å². The number of hydrogen-bond donors (Lipinski definition) is 2. The molecule has 0 aromatic carbocycles. The lowest BCUT2D eigenvalue weighted by Crippen LogP contribution is -2.47. The van der Waals surface area contributed by atoms with E-state index >= 15 is 0 Å². The number of alkyl halides is 5. The largest absolute Gasteiger partial charge is 0.444 e. The van der Waals surface area contributed by atoms with Gasteiger partial charge in [-0.3, -0.25) is 14.3 Å². The van der Waals surface area contributed by atoms with Crippen molar-refractivity contribution in [2.24, 2.45) is 17.8 Å². The second-order valence-corrected chi connectivity index (χ2v) is 14.9. The Balaban J connectivity index is 1.38. The first-order valence-corrected chi connectivity index (χ1v) is 17.8. The number of fused-ring (bicyclic) bond motifs is 1. The number of halogens is 5. The van der Waals surface area contributed by atoms with E-state index in [1.54, 1.807) is 26.8 Å². The summed E-state index contributed by atoms with van der Waals surface area (Å²) in [7, 11) is 0. The van der Waals surface area contributed by atoms with Crippen LogP contribution in [0.3, 0.4) is 0 Å². The summed E-state index contributed by atoms with van der Waals surface area (Å²) >= 11 is 0. The summed E-state index contributed by atoms with van der Waals surface area (Å²) in [6.45, 7) is 7.17. The summed E-state index contributed by atoms with van der Waals surface area (Å²) < 4.78 is 84.2. The third-order valence-corrected chi connectivity index (χ3v) is 9.91. The smallest absolute Gasteiger partial charge is 0.410 e. The number of aryl methyl sites for hydroxylation is 1. The molecule has 3 amide bonds. The van der Waals surface area contributed by atoms with Crippen molar-refractivity contribution in [1.82, 2.24) is 44.9 Å². The van der Waals surface area contributed by atoms with Gasteiger partial charge in [0.15, 0.2) is 0 Å². The lowest BCUT2D eigenvalue weighted by atomic mass is 9.81. The summed E-state index contributed by atoms with van der Waals surface area (Å²) in [6, 6.07) is 0.714. The molecular weight excluding hydrogens is 709 g/mol. The van der Waals surface area contributed by atoms with Crippen LogP contribution < -0.4 is 10.6 Å². The fourth-order valence-corrected chi connectivity index (χ4v) is 7.12. The molecule has 3 aliphatic rings. The molecule has 1 unspecified atom stereocenters. The summed E-state index contributed by atoms with van der Waals surface area (Å²) in [4.78, 5) is 50.3. The summed E-state index contributed by atoms with van der Waals surface area (Å²) in [6.07, 6.45) is -4.27. The molecule has 2 aliphatic heterocycles. The van der Waals surface area contributed by atoms with Crippen molar-refractivity contribution >= 4 is 23.7 Å². The predicted octanol–water partition coefficient (Wildman–Crippen LogP) is 4.80. The van der Waals surface area contributed by atoms with Crippen molar-refractivity contribution in [2.45, 2.75) is 103 Å². The maximum absolute atomic E-state index is 14.3. The third-order valence-electron chi connectivity index (χ3n) is 9.91. The zero-order chi connectivity index (χ0) is 38.3. The second kappa shape index (κ2) is 14.8. The average Bonchev–Trinajstić information content (AvgIpc) is 3.74. The van der Waals surface area contributed by atoms with Crippen molar-refractivity contribution < 1.29 is 45.8 Å². The maximum atomic E-state index is 14.3. The van der Waals surface area contributed by atoms with Crippen LogP contribution in [0.1, 0.15) is 99.5 Å². The van der Waals surface area contributed by atoms with Gasteiger partial charge in [0, 0.05) is 51.0 Å². The molecule has 0 bridgehead atoms. The number of ether oxygens (including phenoxy) is 2. The van der Waals surface area contributed by atoms with E-state index in [9.17, 15) is 36.3 Å². The highest BCUT2D eigenvalue weighted by molar-refractivity contribution is 5.92. The molecule has 3 aromatic heterocycles. The van der Waals surface area contributed by atoms with Crippen LogP contribution in [-0.4, -0.2) is 96.1 Å². The molecule has 19 heteroatoms. The van der Waals surface area contributed by atoms with Crippen molar-refractivity contribution in [3.8, 4) is 0 Å². The summed E-state index contributed by atoms with van der Waals surface area (Å²) in [5, 5.41) is 14.2. The third kappa shape index (κ3) is 8.87. The normalized spacial score (nSPS) is 23.5. The molecule has 290 valence electrons. The van der Waals surface area contributed by atoms with E-state index in [-0.39, 0.29) is 80.4 Å². The molecular formula is C34H44F5N9O5. The molecule has 53 heavy (non-hydrogen) atoms. The van der Waals surface area contributed by atoms with E-state index in [0.29, 0.717) is 6.54 Å². The zero-order valence-corrected chi connectivity index (χ0v) is 30.0. The molecule has 4 atom stereocenters. The molecule has 3 fully saturated rings. The van der Waals surface area contributed by atoms with Crippen LogP contribution >= 0.6 is 0 Å². The highest BCUT2D eigenvalue weighted by Gasteiger charge is 2.45. The molecule has 1 aliphatic carbocycles. The number of aromatic nitrogens is 6. The van der Waals surface area contributed by atoms with Gasteiger partial charge in [0.05, 0.1) is 48.4 Å². The number of carbonyl (C=O) groups is 3. The van der Waals surface area contributed by atoms with Crippen LogP contribution in [0.4, 0.5) is 26.7 Å². The number of piperidine rings is 1. The van der Waals surface area contributed by atoms with Gasteiger partial charge in [-0.15, -0.1) is 0 Å². The first kappa shape index (κ1) is 38.3. The number of amides is 3. The van der Waals surface area contributed by atoms with E-state index < -0.39 is 78.5 Å². The SMILES string of the molecule is CCn1nccc1C(=O)N[C@H](c1cn2nc(C[C@H]3C[C@@H](C(F)(F)F)CNC3=O)c(C3CN(C(=O)OC(C)(C)C)CCO3)nc2n1)C1CCC(F)(F)CC1. The number of nitrogens with zero attached hydrogens (tertiary/aromatic N) is 7. The van der Waals surface area contributed by atoms with E-state index in [0.717, 1.165) is 0 Å². The monoisotopic (exact) mass is 753 g/mol. The number of nitrogens with one attached hydrogen (secondary N) is 2. The fourth-order valence-electron chi connectivity index (χ4n) is 7.12. The lowest BCUT2D eigenvalue weighted by molar-refractivity contribution is -0.183. The van der Waals surface area contributed by atoms with Gasteiger partial charge >= 0.3 is 12.3 Å². The zero-order valence-electron chi connectivity index (χ0n) is 30.0. The molecule has 2 saturated heterocycles. The lowest BCUT2D eigenvalue weighted by Gasteiger charge is -2.34. The minimum Gasteiger partial charge on any atom is -0.444 e.